The molecule has 0 N–H and O–H groups in total. The van der Waals surface area contributed by atoms with Crippen LogP contribution in [-0.2, 0) is 0 Å². The van der Waals surface area contributed by atoms with E-state index in [-0.39, 0.29) is 0 Å². The summed E-state index contributed by atoms with van der Waals surface area (Å²) in [4.78, 5) is 14.9. The van der Waals surface area contributed by atoms with Gasteiger partial charge in [-0.25, -0.2) is 4.98 Å². The molecule has 0 unspecified atom stereocenters. The van der Waals surface area contributed by atoms with Crippen molar-refractivity contribution in [3.63, 3.8) is 0 Å². The molecule has 3 nitrogen and oxygen atoms in total. The molecule has 0 aliphatic carbocycles. The molecule has 32 heavy (non-hydrogen) atoms. The Morgan fingerprint density at radius 2 is 1.09 bits per heavy atom. The van der Waals surface area contributed by atoms with Crippen LogP contribution in [-0.4, -0.2) is 16.4 Å². The van der Waals surface area contributed by atoms with Gasteiger partial charge in [-0.3, -0.25) is 9.98 Å². The molecule has 4 aromatic rings. The Labute approximate surface area is 190 Å². The third-order valence-corrected chi connectivity index (χ3v) is 5.92. The summed E-state index contributed by atoms with van der Waals surface area (Å²) in [6.07, 6.45) is 0. The fourth-order valence-electron chi connectivity index (χ4n) is 4.06. The summed E-state index contributed by atoms with van der Waals surface area (Å²) in [5, 5.41) is 1.10. The largest absolute Gasteiger partial charge is 0.253 e. The average Bonchev–Trinajstić information content (AvgIpc) is 2.78. The Kier molecular flexibility index (Phi) is 6.00. The van der Waals surface area contributed by atoms with Crippen molar-refractivity contribution in [2.45, 2.75) is 41.5 Å². The maximum Gasteiger partial charge on any atom is 0.0849 e. The van der Waals surface area contributed by atoms with E-state index in [0.717, 1.165) is 45.0 Å². The van der Waals surface area contributed by atoms with Crippen LogP contribution in [0.4, 0.5) is 11.4 Å². The van der Waals surface area contributed by atoms with Gasteiger partial charge in [0, 0.05) is 16.7 Å². The number of rotatable bonds is 4. The summed E-state index contributed by atoms with van der Waals surface area (Å²) >= 11 is 0. The first-order chi connectivity index (χ1) is 15.3. The summed E-state index contributed by atoms with van der Waals surface area (Å²) in [5.41, 5.74) is 11.5. The number of nitrogens with zero attached hydrogens (tertiary/aromatic N) is 3. The standard InChI is InChI=1S/C29H29N3/c1-18-10-7-11-19(2)27(18)30-22(5)25-15-9-14-24-16-17-26(32-29(24)25)23(6)31-28-20(3)12-8-13-21(28)4/h7-17H,1-6H3/b30-22+,31-23+. The first-order valence-corrected chi connectivity index (χ1v) is 11.0. The van der Waals surface area contributed by atoms with Gasteiger partial charge in [0.2, 0.25) is 0 Å². The van der Waals surface area contributed by atoms with Crippen molar-refractivity contribution in [2.75, 3.05) is 0 Å². The van der Waals surface area contributed by atoms with Crippen molar-refractivity contribution in [3.05, 3.63) is 100 Å². The molecule has 4 rings (SSSR count). The van der Waals surface area contributed by atoms with Crippen LogP contribution in [0.15, 0.2) is 76.7 Å². The molecule has 0 atom stereocenters. The fourth-order valence-corrected chi connectivity index (χ4v) is 4.06. The lowest BCUT2D eigenvalue weighted by Gasteiger charge is -2.11. The Morgan fingerprint density at radius 3 is 1.66 bits per heavy atom. The highest BCUT2D eigenvalue weighted by atomic mass is 14.8. The fraction of sp³-hybridized carbons (Fsp3) is 0.207. The molecule has 0 aliphatic rings. The van der Waals surface area contributed by atoms with E-state index >= 15 is 0 Å². The van der Waals surface area contributed by atoms with Crippen molar-refractivity contribution in [3.8, 4) is 0 Å². The highest BCUT2D eigenvalue weighted by molar-refractivity contribution is 6.10. The second kappa shape index (κ2) is 8.88. The molecular formula is C29H29N3. The van der Waals surface area contributed by atoms with Gasteiger partial charge in [0.1, 0.15) is 0 Å². The number of para-hydroxylation sites is 3. The van der Waals surface area contributed by atoms with Crippen LogP contribution in [0.1, 0.15) is 47.4 Å². The molecule has 0 spiro atoms. The predicted molar refractivity (Wildman–Crippen MR) is 137 cm³/mol. The number of aliphatic imine (C=N–C) groups is 2. The number of fused-ring (bicyclic) bond motifs is 1. The number of benzene rings is 3. The third kappa shape index (κ3) is 4.24. The van der Waals surface area contributed by atoms with E-state index in [1.54, 1.807) is 0 Å². The maximum absolute atomic E-state index is 5.03. The number of aryl methyl sites for hydroxylation is 4. The molecule has 3 aromatic carbocycles. The molecule has 1 aromatic heterocycles. The smallest absolute Gasteiger partial charge is 0.0849 e. The van der Waals surface area contributed by atoms with E-state index in [1.807, 2.05) is 6.92 Å². The van der Waals surface area contributed by atoms with E-state index in [9.17, 15) is 0 Å². The molecular weight excluding hydrogens is 390 g/mol. The zero-order chi connectivity index (χ0) is 22.8. The molecule has 3 heteroatoms. The minimum atomic E-state index is 0.882. The minimum Gasteiger partial charge on any atom is -0.253 e. The van der Waals surface area contributed by atoms with Crippen LogP contribution in [0.3, 0.4) is 0 Å². The second-order valence-corrected chi connectivity index (χ2v) is 8.45. The molecule has 1 heterocycles. The molecule has 0 saturated carbocycles. The number of aromatic nitrogens is 1. The van der Waals surface area contributed by atoms with Crippen LogP contribution in [0.2, 0.25) is 0 Å². The van der Waals surface area contributed by atoms with Crippen LogP contribution in [0.5, 0.6) is 0 Å². The van der Waals surface area contributed by atoms with Crippen molar-refractivity contribution in [1.29, 1.82) is 0 Å². The van der Waals surface area contributed by atoms with Crippen molar-refractivity contribution in [1.82, 2.24) is 4.98 Å². The lowest BCUT2D eigenvalue weighted by Crippen LogP contribution is -2.03. The molecule has 0 fully saturated rings. The summed E-state index contributed by atoms with van der Waals surface area (Å²) in [6.45, 7) is 12.5. The van der Waals surface area contributed by atoms with Gasteiger partial charge in [-0.15, -0.1) is 0 Å². The summed E-state index contributed by atoms with van der Waals surface area (Å²) < 4.78 is 0. The molecule has 160 valence electrons. The van der Waals surface area contributed by atoms with Crippen molar-refractivity contribution >= 4 is 33.7 Å². The highest BCUT2D eigenvalue weighted by Crippen LogP contribution is 2.27. The minimum absolute atomic E-state index is 0.882. The Bertz CT molecular complexity index is 1340. The van der Waals surface area contributed by atoms with Gasteiger partial charge < -0.3 is 0 Å². The van der Waals surface area contributed by atoms with E-state index < -0.39 is 0 Å². The van der Waals surface area contributed by atoms with Crippen LogP contribution in [0, 0.1) is 27.7 Å². The Hall–Kier alpha value is -3.59. The quantitative estimate of drug-likeness (QED) is 0.312. The monoisotopic (exact) mass is 419 g/mol. The van der Waals surface area contributed by atoms with Crippen LogP contribution >= 0.6 is 0 Å². The number of hydrogen-bond acceptors (Lipinski definition) is 3. The van der Waals surface area contributed by atoms with E-state index in [4.69, 9.17) is 15.0 Å². The third-order valence-electron chi connectivity index (χ3n) is 5.92. The summed E-state index contributed by atoms with van der Waals surface area (Å²) in [7, 11) is 0. The van der Waals surface area contributed by atoms with E-state index in [2.05, 4.69) is 101 Å². The van der Waals surface area contributed by atoms with Gasteiger partial charge in [0.15, 0.2) is 0 Å². The second-order valence-electron chi connectivity index (χ2n) is 8.45. The van der Waals surface area contributed by atoms with Crippen LogP contribution < -0.4 is 0 Å². The van der Waals surface area contributed by atoms with Crippen molar-refractivity contribution in [2.24, 2.45) is 9.98 Å². The zero-order valence-corrected chi connectivity index (χ0v) is 19.7. The Morgan fingerprint density at radius 1 is 0.594 bits per heavy atom. The summed E-state index contributed by atoms with van der Waals surface area (Å²) in [6, 6.07) is 23.0. The van der Waals surface area contributed by atoms with Gasteiger partial charge in [-0.2, -0.15) is 0 Å². The molecule has 0 radical (unpaired) electrons. The van der Waals surface area contributed by atoms with Crippen LogP contribution in [0.25, 0.3) is 10.9 Å². The topological polar surface area (TPSA) is 37.6 Å². The lowest BCUT2D eigenvalue weighted by atomic mass is 10.0. The average molecular weight is 420 g/mol. The Balaban J connectivity index is 1.82. The predicted octanol–water partition coefficient (Wildman–Crippen LogP) is 7.75. The van der Waals surface area contributed by atoms with Gasteiger partial charge in [0.05, 0.1) is 28.3 Å². The first-order valence-electron chi connectivity index (χ1n) is 11.0. The molecule has 0 bridgehead atoms. The lowest BCUT2D eigenvalue weighted by molar-refractivity contribution is 1.29. The first kappa shape index (κ1) is 21.6. The number of pyridine rings is 1. The number of hydrogen-bond donors (Lipinski definition) is 0. The maximum atomic E-state index is 5.03. The van der Waals surface area contributed by atoms with Gasteiger partial charge in [-0.05, 0) is 69.9 Å². The van der Waals surface area contributed by atoms with Gasteiger partial charge in [-0.1, -0.05) is 60.7 Å². The SMILES string of the molecule is C/C(=N\c1c(C)cccc1C)c1ccc2cccc(/C(C)=N/c3c(C)cccc3C)c2n1. The molecule has 0 aliphatic heterocycles. The normalized spacial score (nSPS) is 12.4. The van der Waals surface area contributed by atoms with Gasteiger partial charge in [0.25, 0.3) is 0 Å². The van der Waals surface area contributed by atoms with E-state index in [0.29, 0.717) is 0 Å². The summed E-state index contributed by atoms with van der Waals surface area (Å²) in [5.74, 6) is 0. The van der Waals surface area contributed by atoms with Gasteiger partial charge >= 0.3 is 0 Å². The zero-order valence-electron chi connectivity index (χ0n) is 19.7. The van der Waals surface area contributed by atoms with Crippen molar-refractivity contribution < 1.29 is 0 Å². The molecule has 0 amide bonds. The highest BCUT2D eigenvalue weighted by Gasteiger charge is 2.10. The molecule has 0 saturated heterocycles. The van der Waals surface area contributed by atoms with E-state index in [1.165, 1.54) is 22.3 Å².